The Labute approximate surface area is 211 Å². The molecule has 3 aromatic rings. The molecule has 0 saturated carbocycles. The van der Waals surface area contributed by atoms with Crippen LogP contribution in [-0.2, 0) is 4.74 Å². The Morgan fingerprint density at radius 1 is 1.06 bits per heavy atom. The van der Waals surface area contributed by atoms with Gasteiger partial charge in [0, 0.05) is 37.1 Å². The lowest BCUT2D eigenvalue weighted by molar-refractivity contribution is 0.0240. The highest BCUT2D eigenvalue weighted by Gasteiger charge is 2.29. The molecule has 1 saturated heterocycles. The Kier molecular flexibility index (Phi) is 6.92. The van der Waals surface area contributed by atoms with Crippen LogP contribution in [0.1, 0.15) is 20.8 Å². The van der Waals surface area contributed by atoms with Crippen molar-refractivity contribution in [2.24, 2.45) is 0 Å². The average Bonchev–Trinajstić information content (AvgIpc) is 2.79. The summed E-state index contributed by atoms with van der Waals surface area (Å²) >= 11 is 12.6. The Morgan fingerprint density at radius 2 is 1.74 bits per heavy atom. The molecule has 2 heterocycles. The van der Waals surface area contributed by atoms with Crippen molar-refractivity contribution in [1.82, 2.24) is 14.9 Å². The number of aromatic nitrogens is 2. The van der Waals surface area contributed by atoms with Gasteiger partial charge in [-0.25, -0.2) is 18.6 Å². The van der Waals surface area contributed by atoms with Gasteiger partial charge in [0.05, 0.1) is 17.7 Å². The number of carbonyl (C=O) groups excluding carboxylic acids is 1. The number of nitrogens with zero attached hydrogens (tertiary/aromatic N) is 4. The molecule has 0 N–H and O–H groups in total. The Balaban J connectivity index is 1.73. The molecule has 2 aromatic carbocycles. The van der Waals surface area contributed by atoms with Crippen LogP contribution in [-0.4, -0.2) is 59.9 Å². The first-order valence-electron chi connectivity index (χ1n) is 10.9. The number of methoxy groups -OCH3 is 1. The van der Waals surface area contributed by atoms with Crippen molar-refractivity contribution in [2.75, 3.05) is 38.2 Å². The largest absolute Gasteiger partial charge is 0.496 e. The molecule has 1 aliphatic rings. The molecule has 0 radical (unpaired) electrons. The molecule has 35 heavy (non-hydrogen) atoms. The number of piperazine rings is 1. The molecule has 0 atom stereocenters. The van der Waals surface area contributed by atoms with Crippen LogP contribution in [0, 0.1) is 11.6 Å². The van der Waals surface area contributed by atoms with E-state index in [1.54, 1.807) is 25.7 Å². The maximum absolute atomic E-state index is 15.8. The third-order valence-electron chi connectivity index (χ3n) is 5.51. The molecule has 186 valence electrons. The van der Waals surface area contributed by atoms with Gasteiger partial charge in [0.2, 0.25) is 5.28 Å². The minimum Gasteiger partial charge on any atom is -0.496 e. The van der Waals surface area contributed by atoms with Crippen LogP contribution in [0.2, 0.25) is 10.3 Å². The summed E-state index contributed by atoms with van der Waals surface area (Å²) in [6.45, 7) is 6.98. The monoisotopic (exact) mass is 524 g/mol. The van der Waals surface area contributed by atoms with E-state index in [4.69, 9.17) is 32.7 Å². The molecule has 11 heteroatoms. The van der Waals surface area contributed by atoms with E-state index in [9.17, 15) is 9.18 Å². The van der Waals surface area contributed by atoms with Crippen molar-refractivity contribution in [1.29, 1.82) is 0 Å². The zero-order valence-electron chi connectivity index (χ0n) is 19.7. The zero-order chi connectivity index (χ0) is 25.5. The summed E-state index contributed by atoms with van der Waals surface area (Å²) < 4.78 is 41.2. The second-order valence-electron chi connectivity index (χ2n) is 9.03. The second-order valence-corrected chi connectivity index (χ2v) is 9.78. The van der Waals surface area contributed by atoms with E-state index in [-0.39, 0.29) is 32.7 Å². The molecule has 1 aromatic heterocycles. The average molecular weight is 525 g/mol. The third kappa shape index (κ3) is 5.06. The molecule has 1 amide bonds. The van der Waals surface area contributed by atoms with Gasteiger partial charge in [-0.1, -0.05) is 17.7 Å². The number of halogens is 4. The highest BCUT2D eigenvalue weighted by Crippen LogP contribution is 2.42. The molecule has 4 rings (SSSR count). The first kappa shape index (κ1) is 25.2. The van der Waals surface area contributed by atoms with E-state index >= 15 is 4.39 Å². The van der Waals surface area contributed by atoms with E-state index in [0.29, 0.717) is 37.4 Å². The fraction of sp³-hybridized carbons (Fsp3) is 0.375. The van der Waals surface area contributed by atoms with Gasteiger partial charge < -0.3 is 19.3 Å². The summed E-state index contributed by atoms with van der Waals surface area (Å²) in [5, 5.41) is 0.120. The number of hydrogen-bond donors (Lipinski definition) is 0. The van der Waals surface area contributed by atoms with Gasteiger partial charge in [0.1, 0.15) is 28.5 Å². The summed E-state index contributed by atoms with van der Waals surface area (Å²) in [5.74, 6) is -1.03. The van der Waals surface area contributed by atoms with E-state index in [2.05, 4.69) is 9.97 Å². The zero-order valence-corrected chi connectivity index (χ0v) is 21.2. The van der Waals surface area contributed by atoms with Crippen molar-refractivity contribution in [3.63, 3.8) is 0 Å². The molecular formula is C24H24Cl2F2N4O3. The predicted molar refractivity (Wildman–Crippen MR) is 131 cm³/mol. The van der Waals surface area contributed by atoms with Crippen molar-refractivity contribution in [3.05, 3.63) is 46.2 Å². The SMILES string of the molecule is COc1cccc(F)c1-c1c(Cl)cc2c(N3CCN(C(=O)OC(C)(C)C)CC3)nc(Cl)nc2c1F. The lowest BCUT2D eigenvalue weighted by Crippen LogP contribution is -2.50. The van der Waals surface area contributed by atoms with Gasteiger partial charge in [0.25, 0.3) is 0 Å². The van der Waals surface area contributed by atoms with E-state index in [1.807, 2.05) is 4.90 Å². The van der Waals surface area contributed by atoms with Crippen molar-refractivity contribution in [3.8, 4) is 16.9 Å². The minimum absolute atomic E-state index is 0.0297. The molecule has 0 bridgehead atoms. The number of hydrogen-bond acceptors (Lipinski definition) is 6. The Hall–Kier alpha value is -2.91. The fourth-order valence-corrected chi connectivity index (χ4v) is 4.42. The lowest BCUT2D eigenvalue weighted by Gasteiger charge is -2.36. The number of benzene rings is 2. The highest BCUT2D eigenvalue weighted by atomic mass is 35.5. The van der Waals surface area contributed by atoms with Crippen LogP contribution in [0.25, 0.3) is 22.0 Å². The molecular weight excluding hydrogens is 501 g/mol. The number of amides is 1. The fourth-order valence-electron chi connectivity index (χ4n) is 3.97. The molecule has 0 aliphatic carbocycles. The molecule has 0 spiro atoms. The normalized spacial score (nSPS) is 14.4. The van der Waals surface area contributed by atoms with Crippen LogP contribution in [0.3, 0.4) is 0 Å². The van der Waals surface area contributed by atoms with E-state index < -0.39 is 23.3 Å². The van der Waals surface area contributed by atoms with Crippen molar-refractivity contribution in [2.45, 2.75) is 26.4 Å². The van der Waals surface area contributed by atoms with Crippen LogP contribution >= 0.6 is 23.2 Å². The summed E-state index contributed by atoms with van der Waals surface area (Å²) in [4.78, 5) is 24.3. The van der Waals surface area contributed by atoms with Gasteiger partial charge in [-0.15, -0.1) is 0 Å². The number of rotatable bonds is 3. The van der Waals surface area contributed by atoms with Gasteiger partial charge in [-0.2, -0.15) is 4.98 Å². The maximum Gasteiger partial charge on any atom is 0.410 e. The van der Waals surface area contributed by atoms with Crippen LogP contribution in [0.5, 0.6) is 5.75 Å². The first-order chi connectivity index (χ1) is 16.5. The Morgan fingerprint density at radius 3 is 2.37 bits per heavy atom. The Bertz CT molecular complexity index is 1290. The van der Waals surface area contributed by atoms with Crippen LogP contribution in [0.15, 0.2) is 24.3 Å². The quantitative estimate of drug-likeness (QED) is 0.394. The second kappa shape index (κ2) is 9.62. The molecule has 0 unspecified atom stereocenters. The van der Waals surface area contributed by atoms with Gasteiger partial charge in [-0.05, 0) is 50.6 Å². The number of fused-ring (bicyclic) bond motifs is 1. The third-order valence-corrected chi connectivity index (χ3v) is 5.98. The lowest BCUT2D eigenvalue weighted by atomic mass is 10.0. The summed E-state index contributed by atoms with van der Waals surface area (Å²) in [6.07, 6.45) is -0.403. The van der Waals surface area contributed by atoms with E-state index in [0.717, 1.165) is 0 Å². The molecule has 1 fully saturated rings. The minimum atomic E-state index is -0.839. The van der Waals surface area contributed by atoms with Crippen LogP contribution in [0.4, 0.5) is 19.4 Å². The summed E-state index contributed by atoms with van der Waals surface area (Å²) in [5.41, 5.74) is -0.983. The standard InChI is InChI=1S/C24H24Cl2F2N4O3/c1-24(2,3)35-23(33)32-10-8-31(9-11-32)21-13-12-14(25)17(19(28)20(13)29-22(26)30-21)18-15(27)6-5-7-16(18)34-4/h5-7,12H,8-11H2,1-4H3. The van der Waals surface area contributed by atoms with Gasteiger partial charge in [0.15, 0.2) is 5.82 Å². The molecule has 7 nitrogen and oxygen atoms in total. The summed E-state index contributed by atoms with van der Waals surface area (Å²) in [6, 6.07) is 5.66. The predicted octanol–water partition coefficient (Wildman–Crippen LogP) is 5.95. The van der Waals surface area contributed by atoms with Gasteiger partial charge in [-0.3, -0.25) is 0 Å². The maximum atomic E-state index is 15.8. The number of ether oxygens (including phenoxy) is 2. The topological polar surface area (TPSA) is 67.8 Å². The highest BCUT2D eigenvalue weighted by molar-refractivity contribution is 6.34. The van der Waals surface area contributed by atoms with Gasteiger partial charge >= 0.3 is 6.09 Å². The number of carbonyl (C=O) groups is 1. The van der Waals surface area contributed by atoms with Crippen molar-refractivity contribution >= 4 is 46.0 Å². The summed E-state index contributed by atoms with van der Waals surface area (Å²) in [7, 11) is 1.36. The smallest absolute Gasteiger partial charge is 0.410 e. The van der Waals surface area contributed by atoms with E-state index in [1.165, 1.54) is 31.4 Å². The molecule has 1 aliphatic heterocycles. The van der Waals surface area contributed by atoms with Crippen molar-refractivity contribution < 1.29 is 23.0 Å². The van der Waals surface area contributed by atoms with Crippen LogP contribution < -0.4 is 9.64 Å². The number of anilines is 1. The first-order valence-corrected chi connectivity index (χ1v) is 11.7.